The molecule has 0 spiro atoms. The zero-order valence-electron chi connectivity index (χ0n) is 14.9. The van der Waals surface area contributed by atoms with Gasteiger partial charge in [0.2, 0.25) is 0 Å². The molecule has 1 unspecified atom stereocenters. The highest BCUT2D eigenvalue weighted by Gasteiger charge is 2.34. The molecule has 2 aromatic carbocycles. The third kappa shape index (κ3) is 4.58. The number of alkyl halides is 3. The number of nitrogens with zero attached hydrogens (tertiary/aromatic N) is 1. The molecular formula is C21H24F3NO. The summed E-state index contributed by atoms with van der Waals surface area (Å²) in [7, 11) is 2.14. The predicted molar refractivity (Wildman–Crippen MR) is 96.6 cm³/mol. The van der Waals surface area contributed by atoms with E-state index in [1.54, 1.807) is 18.2 Å². The normalized spacial score (nSPS) is 18.7. The van der Waals surface area contributed by atoms with Crippen molar-refractivity contribution in [3.63, 3.8) is 0 Å². The van der Waals surface area contributed by atoms with Gasteiger partial charge in [-0.2, -0.15) is 13.2 Å². The van der Waals surface area contributed by atoms with Crippen LogP contribution in [0.5, 0.6) is 11.5 Å². The van der Waals surface area contributed by atoms with Crippen molar-refractivity contribution >= 4 is 0 Å². The van der Waals surface area contributed by atoms with Crippen molar-refractivity contribution in [2.24, 2.45) is 0 Å². The Morgan fingerprint density at radius 3 is 2.42 bits per heavy atom. The second-order valence-corrected chi connectivity index (χ2v) is 6.87. The monoisotopic (exact) mass is 363 g/mol. The Bertz CT molecular complexity index is 729. The summed E-state index contributed by atoms with van der Waals surface area (Å²) in [5.41, 5.74) is 0.199. The molecule has 1 aliphatic heterocycles. The van der Waals surface area contributed by atoms with Crippen molar-refractivity contribution in [2.45, 2.75) is 44.3 Å². The zero-order valence-corrected chi connectivity index (χ0v) is 14.9. The molecular weight excluding hydrogens is 339 g/mol. The van der Waals surface area contributed by atoms with Gasteiger partial charge in [-0.1, -0.05) is 36.8 Å². The molecule has 0 saturated carbocycles. The van der Waals surface area contributed by atoms with Crippen molar-refractivity contribution in [1.82, 2.24) is 4.90 Å². The summed E-state index contributed by atoms with van der Waals surface area (Å²) < 4.78 is 45.3. The molecule has 2 aromatic rings. The number of hydrogen-bond donors (Lipinski definition) is 0. The summed E-state index contributed by atoms with van der Waals surface area (Å²) in [5.74, 6) is 0.352. The molecule has 1 aliphatic rings. The van der Waals surface area contributed by atoms with Crippen LogP contribution in [0, 0.1) is 0 Å². The maximum atomic E-state index is 13.2. The van der Waals surface area contributed by atoms with Crippen LogP contribution >= 0.6 is 0 Å². The van der Waals surface area contributed by atoms with E-state index in [-0.39, 0.29) is 5.75 Å². The molecule has 0 amide bonds. The third-order valence-electron chi connectivity index (χ3n) is 5.05. The first kappa shape index (κ1) is 18.8. The Morgan fingerprint density at radius 2 is 1.69 bits per heavy atom. The van der Waals surface area contributed by atoms with Crippen molar-refractivity contribution in [3.05, 3.63) is 59.7 Å². The van der Waals surface area contributed by atoms with Crippen molar-refractivity contribution in [2.75, 3.05) is 13.6 Å². The average molecular weight is 363 g/mol. The number of hydrogen-bond acceptors (Lipinski definition) is 2. The molecule has 1 fully saturated rings. The molecule has 0 aliphatic carbocycles. The van der Waals surface area contributed by atoms with Gasteiger partial charge in [0.25, 0.3) is 0 Å². The molecule has 5 heteroatoms. The standard InChI is InChI=1S/C21H24F3NO/c1-25-15-7-6-9-17(25)14-13-16-8-2-4-11-19(16)26-20-12-5-3-10-18(20)21(22,23)24/h2-5,8,10-12,17H,6-7,9,13-15H2,1H3. The second-order valence-electron chi connectivity index (χ2n) is 6.87. The van der Waals surface area contributed by atoms with Crippen molar-refractivity contribution in [3.8, 4) is 11.5 Å². The van der Waals surface area contributed by atoms with Gasteiger partial charge in [0.05, 0.1) is 5.56 Å². The summed E-state index contributed by atoms with van der Waals surface area (Å²) in [6.45, 7) is 1.11. The number of likely N-dealkylation sites (tertiary alicyclic amines) is 1. The summed E-state index contributed by atoms with van der Waals surface area (Å²) in [6, 6.07) is 13.3. The number of benzene rings is 2. The first-order chi connectivity index (χ1) is 12.4. The van der Waals surface area contributed by atoms with Gasteiger partial charge >= 0.3 is 6.18 Å². The topological polar surface area (TPSA) is 12.5 Å². The lowest BCUT2D eigenvalue weighted by Crippen LogP contribution is -2.36. The predicted octanol–water partition coefficient (Wildman–Crippen LogP) is 5.91. The minimum Gasteiger partial charge on any atom is -0.456 e. The van der Waals surface area contributed by atoms with Crippen LogP contribution in [0.3, 0.4) is 0 Å². The van der Waals surface area contributed by atoms with Gasteiger partial charge in [-0.15, -0.1) is 0 Å². The fourth-order valence-electron chi connectivity index (χ4n) is 3.55. The summed E-state index contributed by atoms with van der Waals surface area (Å²) in [6.07, 6.45) is 0.997. The quantitative estimate of drug-likeness (QED) is 0.654. The van der Waals surface area contributed by atoms with Crippen LogP contribution < -0.4 is 4.74 Å². The number of aryl methyl sites for hydroxylation is 1. The Morgan fingerprint density at radius 1 is 1.00 bits per heavy atom. The minimum absolute atomic E-state index is 0.151. The van der Waals surface area contributed by atoms with Crippen LogP contribution in [0.1, 0.15) is 36.8 Å². The number of ether oxygens (including phenoxy) is 1. The van der Waals surface area contributed by atoms with E-state index in [1.807, 2.05) is 12.1 Å². The Balaban J connectivity index is 1.76. The van der Waals surface area contributed by atoms with Crippen LogP contribution in [-0.4, -0.2) is 24.5 Å². The van der Waals surface area contributed by atoms with Gasteiger partial charge in [0, 0.05) is 6.04 Å². The summed E-state index contributed by atoms with van der Waals surface area (Å²) >= 11 is 0. The number of halogens is 3. The van der Waals surface area contributed by atoms with E-state index in [4.69, 9.17) is 4.74 Å². The van der Waals surface area contributed by atoms with Gasteiger partial charge in [-0.3, -0.25) is 0 Å². The largest absolute Gasteiger partial charge is 0.456 e. The maximum absolute atomic E-state index is 13.2. The first-order valence-electron chi connectivity index (χ1n) is 9.07. The number of piperidine rings is 1. The van der Waals surface area contributed by atoms with E-state index in [2.05, 4.69) is 11.9 Å². The van der Waals surface area contributed by atoms with Crippen LogP contribution in [0.25, 0.3) is 0 Å². The molecule has 2 nitrogen and oxygen atoms in total. The Labute approximate surface area is 152 Å². The highest BCUT2D eigenvalue weighted by Crippen LogP contribution is 2.38. The number of para-hydroxylation sites is 2. The SMILES string of the molecule is CN1CCCCC1CCc1ccccc1Oc1ccccc1C(F)(F)F. The fourth-order valence-corrected chi connectivity index (χ4v) is 3.55. The lowest BCUT2D eigenvalue weighted by atomic mass is 9.96. The highest BCUT2D eigenvalue weighted by molar-refractivity contribution is 5.42. The van der Waals surface area contributed by atoms with Crippen LogP contribution in [0.4, 0.5) is 13.2 Å². The maximum Gasteiger partial charge on any atom is 0.419 e. The van der Waals surface area contributed by atoms with Crippen molar-refractivity contribution in [1.29, 1.82) is 0 Å². The van der Waals surface area contributed by atoms with Crippen LogP contribution in [0.2, 0.25) is 0 Å². The van der Waals surface area contributed by atoms with Gasteiger partial charge in [-0.25, -0.2) is 0 Å². The number of rotatable bonds is 5. The first-order valence-corrected chi connectivity index (χ1v) is 9.07. The van der Waals surface area contributed by atoms with E-state index in [9.17, 15) is 13.2 Å². The Hall–Kier alpha value is -2.01. The van der Waals surface area contributed by atoms with Crippen LogP contribution in [0.15, 0.2) is 48.5 Å². The van der Waals surface area contributed by atoms with Crippen LogP contribution in [-0.2, 0) is 12.6 Å². The van der Waals surface area contributed by atoms with E-state index in [1.165, 1.54) is 31.4 Å². The molecule has 0 N–H and O–H groups in total. The van der Waals surface area contributed by atoms with E-state index < -0.39 is 11.7 Å². The molecule has 140 valence electrons. The average Bonchev–Trinajstić information content (AvgIpc) is 2.62. The molecule has 1 saturated heterocycles. The minimum atomic E-state index is -4.43. The van der Waals surface area contributed by atoms with Gasteiger partial charge in [-0.05, 0) is 63.0 Å². The molecule has 0 aromatic heterocycles. The van der Waals surface area contributed by atoms with Gasteiger partial charge < -0.3 is 9.64 Å². The van der Waals surface area contributed by atoms with Gasteiger partial charge in [0.15, 0.2) is 0 Å². The molecule has 26 heavy (non-hydrogen) atoms. The fraction of sp³-hybridized carbons (Fsp3) is 0.429. The lowest BCUT2D eigenvalue weighted by Gasteiger charge is -2.32. The molecule has 0 radical (unpaired) electrons. The lowest BCUT2D eigenvalue weighted by molar-refractivity contribution is -0.138. The molecule has 3 rings (SSSR count). The molecule has 1 heterocycles. The zero-order chi connectivity index (χ0) is 18.6. The Kier molecular flexibility index (Phi) is 5.87. The summed E-state index contributed by atoms with van der Waals surface area (Å²) in [5, 5.41) is 0. The van der Waals surface area contributed by atoms with Gasteiger partial charge in [0.1, 0.15) is 11.5 Å². The summed E-state index contributed by atoms with van der Waals surface area (Å²) in [4.78, 5) is 2.38. The van der Waals surface area contributed by atoms with E-state index >= 15 is 0 Å². The molecule has 1 atom stereocenters. The second kappa shape index (κ2) is 8.12. The van der Waals surface area contributed by atoms with Crippen molar-refractivity contribution < 1.29 is 17.9 Å². The smallest absolute Gasteiger partial charge is 0.419 e. The highest BCUT2D eigenvalue weighted by atomic mass is 19.4. The molecule has 0 bridgehead atoms. The van der Waals surface area contributed by atoms with E-state index in [0.29, 0.717) is 11.8 Å². The third-order valence-corrected chi connectivity index (χ3v) is 5.05. The van der Waals surface area contributed by atoms with E-state index in [0.717, 1.165) is 31.0 Å².